The number of ether oxygens (including phenoxy) is 5. The van der Waals surface area contributed by atoms with Crippen LogP contribution in [-0.4, -0.2) is 127 Å². The largest absolute Gasteiger partial charge is 0.460 e. The van der Waals surface area contributed by atoms with Crippen molar-refractivity contribution in [2.75, 3.05) is 27.9 Å². The third-order valence-corrected chi connectivity index (χ3v) is 15.4. The maximum atomic E-state index is 14.5. The minimum Gasteiger partial charge on any atom is -0.460 e. The number of amides is 1. The number of carbonyl (C=O) groups is 5. The lowest BCUT2D eigenvalue weighted by atomic mass is 9.78. The molecule has 4 aliphatic rings. The third-order valence-electron chi connectivity index (χ3n) is 14.8. The highest BCUT2D eigenvalue weighted by molar-refractivity contribution is 7.53. The van der Waals surface area contributed by atoms with Crippen LogP contribution in [0.15, 0.2) is 47.6 Å². The summed E-state index contributed by atoms with van der Waals surface area (Å²) in [7, 11) is 0.659. The SMILES string of the molecule is COC1CC(C[C@@H](C)[C@@H]2CC(=O)[C@H](C)/C=C(\C)C(O)[C@@H](OC)C(=O)C(C)C[C@H](C)/C=C/C=C/C=C(\C)[C@@H](OC)C[C@@H]3CCC(C)C(O)(O3)C(=O)C(=O)N3CCCCC3C(=O)O2)CC[C@H]1OP(N)(N)=O. The molecule has 4 rings (SSSR count). The maximum absolute atomic E-state index is 14.5. The van der Waals surface area contributed by atoms with Crippen LogP contribution in [0.25, 0.3) is 0 Å². The number of ketones is 3. The Morgan fingerprint density at radius 3 is 2.23 bits per heavy atom. The molecule has 3 aliphatic heterocycles. The number of allylic oxidation sites excluding steroid dienone is 6. The van der Waals surface area contributed by atoms with Gasteiger partial charge in [-0.2, -0.15) is 0 Å². The molecule has 0 aromatic rings. The van der Waals surface area contributed by atoms with Crippen molar-refractivity contribution in [2.45, 2.75) is 180 Å². The monoisotopic (exact) mass is 992 g/mol. The number of piperidine rings is 1. The zero-order valence-electron chi connectivity index (χ0n) is 42.6. The Morgan fingerprint density at radius 1 is 0.870 bits per heavy atom. The molecular weight excluding hydrogens is 910 g/mol. The fourth-order valence-electron chi connectivity index (χ4n) is 10.4. The molecule has 0 radical (unpaired) electrons. The molecule has 18 heteroatoms. The van der Waals surface area contributed by atoms with Gasteiger partial charge >= 0.3 is 13.6 Å². The molecule has 2 saturated heterocycles. The van der Waals surface area contributed by atoms with E-state index in [4.69, 9.17) is 39.2 Å². The molecule has 0 aromatic heterocycles. The van der Waals surface area contributed by atoms with E-state index in [1.165, 1.54) is 19.1 Å². The van der Waals surface area contributed by atoms with Crippen molar-refractivity contribution in [3.05, 3.63) is 47.6 Å². The standard InChI is InChI=1S/C51H82N3O14P/c1-30-16-12-11-13-17-31(2)42(63-8)28-38-21-19-36(7)51(61,67-38)48(58)49(59)54-23-15-14-18-39(54)50(60)66-43(33(4)26-37-20-22-41(44(27-37)64-9)68-69(52,53)62)29-40(55)32(3)25-35(6)46(57)47(65-10)45(56)34(5)24-30/h11-13,16-17,25,30,32-34,36-39,41-44,46-47,57,61H,14-15,18-24,26-29H2,1-10H3,(H4,52,53,62)/b13-11+,16-12+,31-17+,35-25+/t30-,32-,33-,34?,36?,37?,38+,39?,41-,42+,43+,44?,46?,47+,51?/m1/s1. The van der Waals surface area contributed by atoms with Crippen LogP contribution in [0.5, 0.6) is 0 Å². The molecule has 15 atom stereocenters. The third kappa shape index (κ3) is 16.1. The topological polar surface area (TPSA) is 254 Å². The van der Waals surface area contributed by atoms with Gasteiger partial charge < -0.3 is 43.3 Å². The first kappa shape index (κ1) is 58.4. The number of hydrogen-bond acceptors (Lipinski definition) is 14. The van der Waals surface area contributed by atoms with Crippen LogP contribution in [-0.2, 0) is 56.7 Å². The molecule has 17 nitrogen and oxygen atoms in total. The Kier molecular flexibility index (Phi) is 22.4. The molecule has 0 aromatic carbocycles. The van der Waals surface area contributed by atoms with Crippen LogP contribution in [0.2, 0.25) is 0 Å². The molecular formula is C51H82N3O14P. The van der Waals surface area contributed by atoms with Crippen molar-refractivity contribution in [3.8, 4) is 0 Å². The Hall–Kier alpha value is -3.22. The van der Waals surface area contributed by atoms with E-state index >= 15 is 0 Å². The van der Waals surface area contributed by atoms with Gasteiger partial charge in [-0.1, -0.05) is 71.1 Å². The number of nitrogens with two attached hydrogens (primary N) is 2. The van der Waals surface area contributed by atoms with Gasteiger partial charge in [0.2, 0.25) is 5.79 Å². The average Bonchev–Trinajstić information content (AvgIpc) is 3.30. The van der Waals surface area contributed by atoms with Crippen LogP contribution in [0, 0.1) is 35.5 Å². The van der Waals surface area contributed by atoms with Gasteiger partial charge in [-0.15, -0.1) is 0 Å². The molecule has 3 heterocycles. The molecule has 7 unspecified atom stereocenters. The van der Waals surface area contributed by atoms with Crippen LogP contribution >= 0.6 is 7.67 Å². The fraction of sp³-hybridized carbons (Fsp3) is 0.745. The number of carbonyl (C=O) groups excluding carboxylic acids is 5. The zero-order chi connectivity index (χ0) is 51.4. The Labute approximate surface area is 409 Å². The normalized spacial score (nSPS) is 39.0. The summed E-state index contributed by atoms with van der Waals surface area (Å²) in [5.41, 5.74) is 12.3. The Bertz CT molecular complexity index is 1950. The summed E-state index contributed by atoms with van der Waals surface area (Å²) in [4.78, 5) is 72.1. The molecule has 1 amide bonds. The van der Waals surface area contributed by atoms with Crippen LogP contribution in [0.1, 0.15) is 126 Å². The molecule has 0 spiro atoms. The van der Waals surface area contributed by atoms with E-state index in [1.807, 2.05) is 51.2 Å². The second-order valence-corrected chi connectivity index (χ2v) is 21.8. The number of aliphatic hydroxyl groups is 2. The van der Waals surface area contributed by atoms with E-state index in [1.54, 1.807) is 40.9 Å². The van der Waals surface area contributed by atoms with Gasteiger partial charge in [0, 0.05) is 58.5 Å². The number of rotatable bonds is 8. The number of Topliss-reactive ketones (excluding diaryl/α,β-unsaturated/α-hetero) is 3. The quantitative estimate of drug-likeness (QED) is 0.0910. The van der Waals surface area contributed by atoms with Gasteiger partial charge in [-0.25, -0.2) is 15.8 Å². The number of fused-ring (bicyclic) bond motifs is 3. The lowest BCUT2D eigenvalue weighted by Crippen LogP contribution is -2.61. The first-order valence-electron chi connectivity index (χ1n) is 24.8. The van der Waals surface area contributed by atoms with Crippen molar-refractivity contribution < 1.29 is 67.0 Å². The van der Waals surface area contributed by atoms with E-state index in [0.29, 0.717) is 69.8 Å². The molecule has 2 bridgehead atoms. The number of hydrogen-bond donors (Lipinski definition) is 4. The van der Waals surface area contributed by atoms with Gasteiger partial charge in [0.15, 0.2) is 5.78 Å². The van der Waals surface area contributed by atoms with E-state index < -0.39 is 104 Å². The molecule has 3 fully saturated rings. The minimum absolute atomic E-state index is 0.00261. The summed E-state index contributed by atoms with van der Waals surface area (Å²) in [6, 6.07) is -1.18. The van der Waals surface area contributed by atoms with Gasteiger partial charge in [-0.05, 0) is 107 Å². The van der Waals surface area contributed by atoms with Crippen molar-refractivity contribution >= 4 is 36.9 Å². The number of aliphatic hydroxyl groups excluding tert-OH is 1. The van der Waals surface area contributed by atoms with Crippen molar-refractivity contribution in [1.29, 1.82) is 0 Å². The van der Waals surface area contributed by atoms with Crippen LogP contribution < -0.4 is 11.0 Å². The van der Waals surface area contributed by atoms with E-state index in [-0.39, 0.29) is 42.8 Å². The second kappa shape index (κ2) is 26.5. The van der Waals surface area contributed by atoms with Crippen molar-refractivity contribution in [3.63, 3.8) is 0 Å². The highest BCUT2D eigenvalue weighted by Crippen LogP contribution is 2.41. The molecule has 1 saturated carbocycles. The average molecular weight is 992 g/mol. The smallest absolute Gasteiger partial charge is 0.335 e. The predicted octanol–water partition coefficient (Wildman–Crippen LogP) is 6.23. The summed E-state index contributed by atoms with van der Waals surface area (Å²) in [6.45, 7) is 12.6. The van der Waals surface area contributed by atoms with Crippen molar-refractivity contribution in [2.24, 2.45) is 46.5 Å². The summed E-state index contributed by atoms with van der Waals surface area (Å²) in [5, 5.41) is 23.4. The summed E-state index contributed by atoms with van der Waals surface area (Å²) in [5.74, 6) is -8.41. The zero-order valence-corrected chi connectivity index (χ0v) is 43.5. The minimum atomic E-state index is -3.79. The Morgan fingerprint density at radius 2 is 1.58 bits per heavy atom. The van der Waals surface area contributed by atoms with E-state index in [0.717, 1.165) is 5.57 Å². The summed E-state index contributed by atoms with van der Waals surface area (Å²) < 4.78 is 47.1. The first-order chi connectivity index (χ1) is 32.4. The van der Waals surface area contributed by atoms with Gasteiger partial charge in [-0.3, -0.25) is 23.7 Å². The van der Waals surface area contributed by atoms with Crippen LogP contribution in [0.4, 0.5) is 0 Å². The first-order valence-corrected chi connectivity index (χ1v) is 26.5. The summed E-state index contributed by atoms with van der Waals surface area (Å²) in [6.07, 6.45) is 10.2. The fourth-order valence-corrected chi connectivity index (χ4v) is 11.1. The van der Waals surface area contributed by atoms with E-state index in [2.05, 4.69) is 0 Å². The number of esters is 1. The van der Waals surface area contributed by atoms with E-state index in [9.17, 15) is 38.8 Å². The van der Waals surface area contributed by atoms with Crippen LogP contribution in [0.3, 0.4) is 0 Å². The highest BCUT2D eigenvalue weighted by Gasteiger charge is 2.53. The Balaban J connectivity index is 1.70. The molecule has 1 aliphatic carbocycles. The van der Waals surface area contributed by atoms with Gasteiger partial charge in [0.05, 0.1) is 24.4 Å². The van der Waals surface area contributed by atoms with Gasteiger partial charge in [0.25, 0.3) is 11.7 Å². The van der Waals surface area contributed by atoms with Gasteiger partial charge in [0.1, 0.15) is 30.1 Å². The number of methoxy groups -OCH3 is 3. The molecule has 69 heavy (non-hydrogen) atoms. The summed E-state index contributed by atoms with van der Waals surface area (Å²) >= 11 is 0. The molecule has 6 N–H and O–H groups in total. The molecule has 390 valence electrons. The maximum Gasteiger partial charge on any atom is 0.335 e. The number of nitrogens with zero attached hydrogens (tertiary/aromatic N) is 1. The predicted molar refractivity (Wildman–Crippen MR) is 260 cm³/mol. The highest BCUT2D eigenvalue weighted by atomic mass is 31.2. The second-order valence-electron chi connectivity index (χ2n) is 20.3. The van der Waals surface area contributed by atoms with Crippen molar-refractivity contribution in [1.82, 2.24) is 4.90 Å². The lowest BCUT2D eigenvalue weighted by Gasteiger charge is -2.42. The number of cyclic esters (lactones) is 1. The lowest BCUT2D eigenvalue weighted by molar-refractivity contribution is -0.265.